The molecule has 16 heavy (non-hydrogen) atoms. The van der Waals surface area contributed by atoms with Gasteiger partial charge in [0.1, 0.15) is 0 Å². The second-order valence-electron chi connectivity index (χ2n) is 4.71. The summed E-state index contributed by atoms with van der Waals surface area (Å²) in [6, 6.07) is -0.393. The van der Waals surface area contributed by atoms with E-state index in [9.17, 15) is 9.59 Å². The molecule has 0 saturated carbocycles. The van der Waals surface area contributed by atoms with Gasteiger partial charge in [0.05, 0.1) is 6.34 Å². The van der Waals surface area contributed by atoms with Gasteiger partial charge in [-0.05, 0) is 12.3 Å². The summed E-state index contributed by atoms with van der Waals surface area (Å²) in [5.74, 6) is 0.122. The summed E-state index contributed by atoms with van der Waals surface area (Å²) in [4.78, 5) is 28.9. The van der Waals surface area contributed by atoms with Crippen LogP contribution in [0.2, 0.25) is 0 Å². The van der Waals surface area contributed by atoms with Crippen molar-refractivity contribution in [2.75, 3.05) is 7.05 Å². The maximum absolute atomic E-state index is 12.2. The molecule has 2 N–H and O–H groups in total. The van der Waals surface area contributed by atoms with Crippen molar-refractivity contribution in [3.05, 3.63) is 0 Å². The Morgan fingerprint density at radius 2 is 2.25 bits per heavy atom. The normalized spacial score (nSPS) is 32.8. The zero-order valence-electron chi connectivity index (χ0n) is 9.65. The first-order valence-electron chi connectivity index (χ1n) is 5.35. The average Bonchev–Trinajstić information content (AvgIpc) is 2.58. The van der Waals surface area contributed by atoms with Crippen molar-refractivity contribution >= 4 is 18.3 Å². The van der Waals surface area contributed by atoms with Crippen LogP contribution in [0.4, 0.5) is 4.79 Å². The van der Waals surface area contributed by atoms with Crippen molar-refractivity contribution in [3.8, 4) is 0 Å². The maximum Gasteiger partial charge on any atom is 0.325 e. The van der Waals surface area contributed by atoms with Gasteiger partial charge in [0, 0.05) is 7.05 Å². The number of hydrogen-bond donors (Lipinski definition) is 2. The predicted octanol–water partition coefficient (Wildman–Crippen LogP) is -0.0895. The molecule has 3 amide bonds. The third kappa shape index (κ3) is 1.36. The number of carbonyl (C=O) groups excluding carboxylic acids is 2. The minimum Gasteiger partial charge on any atom is -0.359 e. The van der Waals surface area contributed by atoms with E-state index in [0.717, 1.165) is 4.90 Å². The Morgan fingerprint density at radius 3 is 2.88 bits per heavy atom. The SMILES string of the molecule is CC(C)CC12NC=NC1NC(=O)N(C)C2=O. The number of likely N-dealkylation sites (N-methyl/N-ethyl adjacent to an activating group) is 1. The van der Waals surface area contributed by atoms with E-state index >= 15 is 0 Å². The second-order valence-corrected chi connectivity index (χ2v) is 4.71. The Labute approximate surface area is 94.1 Å². The first kappa shape index (κ1) is 10.9. The lowest BCUT2D eigenvalue weighted by Gasteiger charge is -2.41. The Bertz CT molecular complexity index is 366. The number of imide groups is 1. The quantitative estimate of drug-likeness (QED) is 0.688. The van der Waals surface area contributed by atoms with Gasteiger partial charge in [-0.25, -0.2) is 9.79 Å². The minimum absolute atomic E-state index is 0.215. The molecule has 0 aromatic carbocycles. The molecule has 2 rings (SSSR count). The highest BCUT2D eigenvalue weighted by Gasteiger charge is 2.54. The number of rotatable bonds is 2. The van der Waals surface area contributed by atoms with Crippen LogP contribution in [0, 0.1) is 5.92 Å². The number of nitrogens with zero attached hydrogens (tertiary/aromatic N) is 2. The lowest BCUT2D eigenvalue weighted by Crippen LogP contribution is -2.71. The fourth-order valence-electron chi connectivity index (χ4n) is 2.28. The summed E-state index contributed by atoms with van der Waals surface area (Å²) < 4.78 is 0. The van der Waals surface area contributed by atoms with Crippen molar-refractivity contribution in [1.82, 2.24) is 15.5 Å². The standard InChI is InChI=1S/C10H16N4O2/c1-6(2)4-10-7(11-5-12-10)13-9(16)14(3)8(10)15/h5-7H,4H2,1-3H3,(H,11,12)(H,13,16). The van der Waals surface area contributed by atoms with Crippen molar-refractivity contribution in [2.24, 2.45) is 10.9 Å². The molecule has 88 valence electrons. The number of urea groups is 1. The van der Waals surface area contributed by atoms with Crippen LogP contribution in [0.3, 0.4) is 0 Å². The average molecular weight is 224 g/mol. The van der Waals surface area contributed by atoms with Gasteiger partial charge in [0.25, 0.3) is 5.91 Å². The minimum atomic E-state index is -0.795. The van der Waals surface area contributed by atoms with Crippen LogP contribution < -0.4 is 10.6 Å². The lowest BCUT2D eigenvalue weighted by atomic mass is 9.84. The van der Waals surface area contributed by atoms with Crippen LogP contribution in [-0.2, 0) is 4.79 Å². The molecule has 2 heterocycles. The highest BCUT2D eigenvalue weighted by Crippen LogP contribution is 2.29. The van der Waals surface area contributed by atoms with Crippen molar-refractivity contribution in [2.45, 2.75) is 32.0 Å². The smallest absolute Gasteiger partial charge is 0.325 e. The van der Waals surface area contributed by atoms with Gasteiger partial charge < -0.3 is 10.6 Å². The molecule has 0 aliphatic carbocycles. The van der Waals surface area contributed by atoms with Gasteiger partial charge >= 0.3 is 6.03 Å². The van der Waals surface area contributed by atoms with Gasteiger partial charge in [-0.2, -0.15) is 0 Å². The van der Waals surface area contributed by atoms with Gasteiger partial charge in [-0.3, -0.25) is 9.69 Å². The zero-order valence-corrected chi connectivity index (χ0v) is 9.65. The summed E-state index contributed by atoms with van der Waals surface area (Å²) >= 11 is 0. The van der Waals surface area contributed by atoms with Crippen molar-refractivity contribution < 1.29 is 9.59 Å². The number of hydrogen-bond acceptors (Lipinski definition) is 4. The molecule has 2 aliphatic rings. The highest BCUT2D eigenvalue weighted by atomic mass is 16.2. The lowest BCUT2D eigenvalue weighted by molar-refractivity contribution is -0.137. The largest absolute Gasteiger partial charge is 0.359 e. The topological polar surface area (TPSA) is 73.8 Å². The summed E-state index contributed by atoms with van der Waals surface area (Å²) in [6.45, 7) is 4.07. The first-order chi connectivity index (χ1) is 7.47. The molecule has 6 heteroatoms. The molecule has 2 atom stereocenters. The molecular weight excluding hydrogens is 208 g/mol. The molecule has 2 aliphatic heterocycles. The van der Waals surface area contributed by atoms with E-state index in [1.807, 2.05) is 13.8 Å². The maximum atomic E-state index is 12.2. The van der Waals surface area contributed by atoms with E-state index in [2.05, 4.69) is 15.6 Å². The molecule has 2 unspecified atom stereocenters. The number of nitrogens with one attached hydrogen (secondary N) is 2. The summed E-state index contributed by atoms with van der Waals surface area (Å²) in [7, 11) is 1.48. The van der Waals surface area contributed by atoms with E-state index < -0.39 is 17.7 Å². The van der Waals surface area contributed by atoms with E-state index in [0.29, 0.717) is 12.3 Å². The van der Waals surface area contributed by atoms with E-state index in [1.165, 1.54) is 13.4 Å². The number of amides is 3. The summed E-state index contributed by atoms with van der Waals surface area (Å²) in [6.07, 6.45) is 1.66. The van der Waals surface area contributed by atoms with Crippen molar-refractivity contribution in [3.63, 3.8) is 0 Å². The van der Waals surface area contributed by atoms with E-state index in [4.69, 9.17) is 0 Å². The summed E-state index contributed by atoms with van der Waals surface area (Å²) in [5, 5.41) is 5.72. The first-order valence-corrected chi connectivity index (χ1v) is 5.35. The Morgan fingerprint density at radius 1 is 1.56 bits per heavy atom. The van der Waals surface area contributed by atoms with Gasteiger partial charge in [0.15, 0.2) is 11.7 Å². The summed E-state index contributed by atoms with van der Waals surface area (Å²) in [5.41, 5.74) is -0.795. The molecule has 6 nitrogen and oxygen atoms in total. The fourth-order valence-corrected chi connectivity index (χ4v) is 2.28. The van der Waals surface area contributed by atoms with Crippen LogP contribution >= 0.6 is 0 Å². The van der Waals surface area contributed by atoms with Gasteiger partial charge in [-0.15, -0.1) is 0 Å². The number of aliphatic imine (C=N–C) groups is 1. The van der Waals surface area contributed by atoms with Crippen LogP contribution in [0.5, 0.6) is 0 Å². The molecule has 0 radical (unpaired) electrons. The molecule has 1 saturated heterocycles. The van der Waals surface area contributed by atoms with Crippen LogP contribution in [0.25, 0.3) is 0 Å². The van der Waals surface area contributed by atoms with Crippen LogP contribution in [0.15, 0.2) is 4.99 Å². The zero-order chi connectivity index (χ0) is 11.9. The van der Waals surface area contributed by atoms with E-state index in [-0.39, 0.29) is 5.91 Å². The Hall–Kier alpha value is -1.59. The monoisotopic (exact) mass is 224 g/mol. The Kier molecular flexibility index (Phi) is 2.36. The third-order valence-electron chi connectivity index (χ3n) is 2.99. The van der Waals surface area contributed by atoms with Gasteiger partial charge in [-0.1, -0.05) is 13.8 Å². The molecule has 0 aromatic heterocycles. The number of fused-ring (bicyclic) bond motifs is 1. The molecule has 0 bridgehead atoms. The second kappa shape index (κ2) is 3.47. The van der Waals surface area contributed by atoms with Gasteiger partial charge in [0.2, 0.25) is 0 Å². The van der Waals surface area contributed by atoms with E-state index in [1.54, 1.807) is 0 Å². The fraction of sp³-hybridized carbons (Fsp3) is 0.700. The third-order valence-corrected chi connectivity index (χ3v) is 2.99. The molecular formula is C10H16N4O2. The highest BCUT2D eigenvalue weighted by molar-refractivity contribution is 6.04. The molecule has 0 aromatic rings. The van der Waals surface area contributed by atoms with Crippen LogP contribution in [0.1, 0.15) is 20.3 Å². The predicted molar refractivity (Wildman–Crippen MR) is 58.9 cm³/mol. The molecule has 1 fully saturated rings. The number of carbonyl (C=O) groups is 2. The molecule has 0 spiro atoms. The van der Waals surface area contributed by atoms with Crippen LogP contribution in [-0.4, -0.2) is 41.9 Å². The Balaban J connectivity index is 2.33. The van der Waals surface area contributed by atoms with Crippen molar-refractivity contribution in [1.29, 1.82) is 0 Å².